The normalized spacial score (nSPS) is 12.8. The van der Waals surface area contributed by atoms with E-state index >= 15 is 0 Å². The summed E-state index contributed by atoms with van der Waals surface area (Å²) in [6.45, 7) is 2.45. The molecule has 1 aromatic heterocycles. The number of likely N-dealkylation sites (N-methyl/N-ethyl adjacent to an activating group) is 1. The molecule has 1 unspecified atom stereocenters. The predicted octanol–water partition coefficient (Wildman–Crippen LogP) is -0.845. The topological polar surface area (TPSA) is 56.0 Å². The predicted molar refractivity (Wildman–Crippen MR) is 54.5 cm³/mol. The minimum absolute atomic E-state index is 0.166. The van der Waals surface area contributed by atoms with Crippen molar-refractivity contribution in [2.75, 3.05) is 7.05 Å². The van der Waals surface area contributed by atoms with Gasteiger partial charge in [-0.1, -0.05) is 0 Å². The molecule has 1 N–H and O–H groups in total. The van der Waals surface area contributed by atoms with Gasteiger partial charge in [0.1, 0.15) is 0 Å². The molecule has 1 rings (SSSR count). The Morgan fingerprint density at radius 2 is 2.00 bits per heavy atom. The van der Waals surface area contributed by atoms with Crippen LogP contribution < -0.4 is 16.4 Å². The van der Waals surface area contributed by atoms with Crippen LogP contribution in [0.5, 0.6) is 0 Å². The van der Waals surface area contributed by atoms with Gasteiger partial charge in [0.05, 0.1) is 0 Å². The van der Waals surface area contributed by atoms with Crippen molar-refractivity contribution in [3.8, 4) is 0 Å². The summed E-state index contributed by atoms with van der Waals surface area (Å²) in [5.74, 6) is 0. The molecule has 78 valence electrons. The molecule has 0 aliphatic carbocycles. The molecule has 1 heterocycles. The van der Waals surface area contributed by atoms with Gasteiger partial charge in [-0.25, -0.2) is 0 Å². The highest BCUT2D eigenvalue weighted by Crippen LogP contribution is 1.85. The average molecular weight is 197 g/mol. The lowest BCUT2D eigenvalue weighted by molar-refractivity contribution is 0.497. The third kappa shape index (κ3) is 2.11. The first-order valence-corrected chi connectivity index (χ1v) is 4.49. The number of hydrogen-bond donors (Lipinski definition) is 1. The quantitative estimate of drug-likeness (QED) is 0.642. The van der Waals surface area contributed by atoms with E-state index in [4.69, 9.17) is 0 Å². The van der Waals surface area contributed by atoms with Gasteiger partial charge in [0.2, 0.25) is 0 Å². The van der Waals surface area contributed by atoms with E-state index in [-0.39, 0.29) is 6.04 Å². The first kappa shape index (κ1) is 10.7. The Labute approximate surface area is 82.0 Å². The second-order valence-corrected chi connectivity index (χ2v) is 3.36. The summed E-state index contributed by atoms with van der Waals surface area (Å²) in [4.78, 5) is 22.7. The fraction of sp³-hybridized carbons (Fsp3) is 0.556. The Kier molecular flexibility index (Phi) is 3.24. The van der Waals surface area contributed by atoms with Gasteiger partial charge >= 0.3 is 11.1 Å². The molecule has 1 atom stereocenters. The van der Waals surface area contributed by atoms with E-state index in [2.05, 4.69) is 5.32 Å². The van der Waals surface area contributed by atoms with Crippen molar-refractivity contribution < 1.29 is 0 Å². The molecule has 14 heavy (non-hydrogen) atoms. The Hall–Kier alpha value is -1.36. The number of rotatable bonds is 3. The summed E-state index contributed by atoms with van der Waals surface area (Å²) < 4.78 is 2.70. The van der Waals surface area contributed by atoms with Crippen LogP contribution in [-0.2, 0) is 13.6 Å². The van der Waals surface area contributed by atoms with E-state index in [1.165, 1.54) is 9.13 Å². The van der Waals surface area contributed by atoms with Gasteiger partial charge in [-0.2, -0.15) is 0 Å². The van der Waals surface area contributed by atoms with Crippen LogP contribution >= 0.6 is 0 Å². The van der Waals surface area contributed by atoms with E-state index in [9.17, 15) is 9.59 Å². The highest BCUT2D eigenvalue weighted by Gasteiger charge is 2.04. The summed E-state index contributed by atoms with van der Waals surface area (Å²) in [6.07, 6.45) is 3.21. The van der Waals surface area contributed by atoms with Crippen LogP contribution in [0.3, 0.4) is 0 Å². The smallest absolute Gasteiger partial charge is 0.315 e. The van der Waals surface area contributed by atoms with Crippen LogP contribution in [0.2, 0.25) is 0 Å². The van der Waals surface area contributed by atoms with E-state index in [0.29, 0.717) is 6.54 Å². The summed E-state index contributed by atoms with van der Waals surface area (Å²) in [7, 11) is 3.38. The molecule has 0 spiro atoms. The highest BCUT2D eigenvalue weighted by atomic mass is 16.2. The van der Waals surface area contributed by atoms with Crippen LogP contribution in [0.1, 0.15) is 6.92 Å². The number of nitrogens with zero attached hydrogens (tertiary/aromatic N) is 2. The number of aromatic nitrogens is 2. The van der Waals surface area contributed by atoms with Crippen molar-refractivity contribution in [2.45, 2.75) is 19.5 Å². The standard InChI is InChI=1S/C9H15N3O2/c1-7(10-2)6-12-5-4-11(3)8(13)9(12)14/h4-5,7,10H,6H2,1-3H3. The van der Waals surface area contributed by atoms with E-state index in [0.717, 1.165) is 0 Å². The molecule has 0 radical (unpaired) electrons. The fourth-order valence-electron chi connectivity index (χ4n) is 1.12. The molecule has 0 aliphatic rings. The summed E-state index contributed by atoms with van der Waals surface area (Å²) in [5, 5.41) is 3.01. The largest absolute Gasteiger partial charge is 0.316 e. The number of nitrogens with one attached hydrogen (secondary N) is 1. The Bertz CT molecular complexity index is 419. The highest BCUT2D eigenvalue weighted by molar-refractivity contribution is 4.85. The zero-order valence-electron chi connectivity index (χ0n) is 8.65. The number of hydrogen-bond acceptors (Lipinski definition) is 3. The second-order valence-electron chi connectivity index (χ2n) is 3.36. The van der Waals surface area contributed by atoms with Crippen LogP contribution in [0.4, 0.5) is 0 Å². The van der Waals surface area contributed by atoms with Gasteiger partial charge in [0, 0.05) is 32.0 Å². The van der Waals surface area contributed by atoms with Crippen molar-refractivity contribution in [1.29, 1.82) is 0 Å². The van der Waals surface area contributed by atoms with Crippen LogP contribution in [-0.4, -0.2) is 22.2 Å². The van der Waals surface area contributed by atoms with Crippen molar-refractivity contribution in [2.24, 2.45) is 7.05 Å². The van der Waals surface area contributed by atoms with E-state index in [1.54, 1.807) is 19.4 Å². The molecule has 0 aliphatic heterocycles. The number of aryl methyl sites for hydroxylation is 1. The lowest BCUT2D eigenvalue weighted by Gasteiger charge is -2.11. The molecule has 0 saturated carbocycles. The third-order valence-corrected chi connectivity index (χ3v) is 2.20. The Balaban J connectivity index is 3.07. The first-order valence-electron chi connectivity index (χ1n) is 4.49. The van der Waals surface area contributed by atoms with E-state index < -0.39 is 11.1 Å². The molecule has 5 nitrogen and oxygen atoms in total. The zero-order valence-corrected chi connectivity index (χ0v) is 8.65. The van der Waals surface area contributed by atoms with Gasteiger partial charge in [-0.3, -0.25) is 9.59 Å². The summed E-state index contributed by atoms with van der Waals surface area (Å²) >= 11 is 0. The van der Waals surface area contributed by atoms with Crippen LogP contribution in [0.15, 0.2) is 22.0 Å². The fourth-order valence-corrected chi connectivity index (χ4v) is 1.12. The molecule has 5 heteroatoms. The second kappa shape index (κ2) is 4.23. The molecule has 0 aromatic carbocycles. The van der Waals surface area contributed by atoms with Crippen LogP contribution in [0.25, 0.3) is 0 Å². The van der Waals surface area contributed by atoms with Crippen molar-refractivity contribution in [1.82, 2.24) is 14.5 Å². The monoisotopic (exact) mass is 197 g/mol. The minimum atomic E-state index is -0.490. The van der Waals surface area contributed by atoms with Crippen LogP contribution in [0, 0.1) is 0 Å². The summed E-state index contributed by atoms with van der Waals surface area (Å²) in [5.41, 5.74) is -0.965. The maximum atomic E-state index is 11.4. The maximum absolute atomic E-state index is 11.4. The molecule has 0 amide bonds. The van der Waals surface area contributed by atoms with E-state index in [1.807, 2.05) is 14.0 Å². The first-order chi connectivity index (χ1) is 6.56. The maximum Gasteiger partial charge on any atom is 0.316 e. The Morgan fingerprint density at radius 1 is 1.36 bits per heavy atom. The van der Waals surface area contributed by atoms with Gasteiger partial charge in [-0.05, 0) is 14.0 Å². The molecular weight excluding hydrogens is 182 g/mol. The third-order valence-electron chi connectivity index (χ3n) is 2.20. The lowest BCUT2D eigenvalue weighted by atomic mass is 10.3. The molecule has 0 saturated heterocycles. The zero-order chi connectivity index (χ0) is 10.7. The van der Waals surface area contributed by atoms with Gasteiger partial charge in [-0.15, -0.1) is 0 Å². The lowest BCUT2D eigenvalue weighted by Crippen LogP contribution is -2.42. The van der Waals surface area contributed by atoms with Crippen molar-refractivity contribution in [3.05, 3.63) is 33.1 Å². The van der Waals surface area contributed by atoms with Crippen molar-refractivity contribution >= 4 is 0 Å². The molecule has 0 fully saturated rings. The molecule has 1 aromatic rings. The van der Waals surface area contributed by atoms with Gasteiger partial charge in [0.15, 0.2) is 0 Å². The van der Waals surface area contributed by atoms with Gasteiger partial charge < -0.3 is 14.5 Å². The molecule has 0 bridgehead atoms. The minimum Gasteiger partial charge on any atom is -0.315 e. The van der Waals surface area contributed by atoms with Crippen molar-refractivity contribution in [3.63, 3.8) is 0 Å². The summed E-state index contributed by atoms with van der Waals surface area (Å²) in [6, 6.07) is 0.166. The SMILES string of the molecule is CNC(C)Cn1ccn(C)c(=O)c1=O. The molecular formula is C9H15N3O2. The Morgan fingerprint density at radius 3 is 2.57 bits per heavy atom. The average Bonchev–Trinajstić information content (AvgIpc) is 2.19. The van der Waals surface area contributed by atoms with Gasteiger partial charge in [0.25, 0.3) is 0 Å².